The molecule has 0 spiro atoms. The molecule has 0 radical (unpaired) electrons. The monoisotopic (exact) mass is 276 g/mol. The number of hydrogen-bond acceptors (Lipinski definition) is 3. The third-order valence-corrected chi connectivity index (χ3v) is 3.70. The van der Waals surface area contributed by atoms with Crippen molar-refractivity contribution in [1.29, 1.82) is 0 Å². The van der Waals surface area contributed by atoms with E-state index in [0.29, 0.717) is 0 Å². The third-order valence-electron chi connectivity index (χ3n) is 3.70. The minimum atomic E-state index is 0.221. The van der Waals surface area contributed by atoms with Gasteiger partial charge in [0.2, 0.25) is 0 Å². The van der Waals surface area contributed by atoms with Crippen molar-refractivity contribution in [2.45, 2.75) is 58.1 Å². The van der Waals surface area contributed by atoms with Crippen LogP contribution in [-0.2, 0) is 0 Å². The Morgan fingerprint density at radius 1 is 1.15 bits per heavy atom. The normalized spacial score (nSPS) is 16.4. The number of hydrogen-bond donors (Lipinski definition) is 2. The summed E-state index contributed by atoms with van der Waals surface area (Å²) in [4.78, 5) is 0. The molecule has 3 heteroatoms. The molecule has 112 valence electrons. The van der Waals surface area contributed by atoms with Crippen LogP contribution < -0.4 is 15.4 Å². The molecular weight excluding hydrogens is 248 g/mol. The Kier molecular flexibility index (Phi) is 6.19. The number of nitrogens with one attached hydrogen (secondary N) is 2. The van der Waals surface area contributed by atoms with Gasteiger partial charge in [0.1, 0.15) is 5.75 Å². The predicted molar refractivity (Wildman–Crippen MR) is 85.6 cm³/mol. The zero-order valence-corrected chi connectivity index (χ0v) is 12.8. The first kappa shape index (κ1) is 15.2. The summed E-state index contributed by atoms with van der Waals surface area (Å²) in [7, 11) is 0. The van der Waals surface area contributed by atoms with Gasteiger partial charge in [0, 0.05) is 30.9 Å². The van der Waals surface area contributed by atoms with Crippen molar-refractivity contribution in [3.05, 3.63) is 24.3 Å². The first-order valence-corrected chi connectivity index (χ1v) is 7.98. The second kappa shape index (κ2) is 8.15. The average molecular weight is 276 g/mol. The summed E-state index contributed by atoms with van der Waals surface area (Å²) < 4.78 is 5.70. The summed E-state index contributed by atoms with van der Waals surface area (Å²) in [5.41, 5.74) is 1.13. The molecule has 1 aromatic carbocycles. The van der Waals surface area contributed by atoms with Gasteiger partial charge >= 0.3 is 0 Å². The molecule has 1 aliphatic rings. The first-order valence-electron chi connectivity index (χ1n) is 7.98. The number of ether oxygens (including phenoxy) is 1. The van der Waals surface area contributed by atoms with Crippen LogP contribution in [0.2, 0.25) is 0 Å². The topological polar surface area (TPSA) is 33.3 Å². The summed E-state index contributed by atoms with van der Waals surface area (Å²) in [5.74, 6) is 0.935. The van der Waals surface area contributed by atoms with Crippen LogP contribution in [0, 0.1) is 0 Å². The molecule has 2 N–H and O–H groups in total. The van der Waals surface area contributed by atoms with Crippen molar-refractivity contribution in [3.8, 4) is 5.75 Å². The first-order chi connectivity index (χ1) is 9.74. The van der Waals surface area contributed by atoms with E-state index in [1.54, 1.807) is 0 Å². The highest BCUT2D eigenvalue weighted by molar-refractivity contribution is 5.48. The molecule has 0 heterocycles. The van der Waals surface area contributed by atoms with Gasteiger partial charge in [-0.25, -0.2) is 0 Å². The van der Waals surface area contributed by atoms with E-state index >= 15 is 0 Å². The molecule has 1 fully saturated rings. The van der Waals surface area contributed by atoms with Gasteiger partial charge in [-0.2, -0.15) is 0 Å². The maximum Gasteiger partial charge on any atom is 0.121 e. The summed E-state index contributed by atoms with van der Waals surface area (Å²) in [5, 5.41) is 7.10. The molecule has 0 unspecified atom stereocenters. The molecule has 0 amide bonds. The lowest BCUT2D eigenvalue weighted by molar-refractivity contribution is 0.242. The quantitative estimate of drug-likeness (QED) is 0.743. The zero-order valence-electron chi connectivity index (χ0n) is 12.8. The molecule has 1 aliphatic carbocycles. The van der Waals surface area contributed by atoms with Crippen LogP contribution in [-0.4, -0.2) is 25.2 Å². The minimum Gasteiger partial charge on any atom is -0.491 e. The Labute approximate surface area is 123 Å². The maximum atomic E-state index is 5.70. The lowest BCUT2D eigenvalue weighted by atomic mass is 9.95. The Morgan fingerprint density at radius 3 is 2.70 bits per heavy atom. The van der Waals surface area contributed by atoms with Gasteiger partial charge < -0.3 is 15.4 Å². The van der Waals surface area contributed by atoms with Crippen LogP contribution in [0.5, 0.6) is 5.75 Å². The van der Waals surface area contributed by atoms with E-state index in [2.05, 4.69) is 22.8 Å². The van der Waals surface area contributed by atoms with E-state index in [1.165, 1.54) is 32.1 Å². The van der Waals surface area contributed by atoms with Crippen LogP contribution >= 0.6 is 0 Å². The second-order valence-electron chi connectivity index (χ2n) is 5.91. The number of rotatable bonds is 7. The van der Waals surface area contributed by atoms with Crippen LogP contribution in [0.4, 0.5) is 5.69 Å². The Morgan fingerprint density at radius 2 is 1.95 bits per heavy atom. The van der Waals surface area contributed by atoms with Crippen molar-refractivity contribution >= 4 is 5.69 Å². The molecule has 0 aromatic heterocycles. The maximum absolute atomic E-state index is 5.70. The highest BCUT2D eigenvalue weighted by Gasteiger charge is 2.11. The average Bonchev–Trinajstić information content (AvgIpc) is 2.44. The molecule has 0 bridgehead atoms. The number of benzene rings is 1. The van der Waals surface area contributed by atoms with Gasteiger partial charge in [-0.15, -0.1) is 0 Å². The summed E-state index contributed by atoms with van der Waals surface area (Å²) >= 11 is 0. The Balaban J connectivity index is 1.68. The van der Waals surface area contributed by atoms with Crippen LogP contribution in [0.15, 0.2) is 24.3 Å². The smallest absolute Gasteiger partial charge is 0.121 e. The molecule has 1 saturated carbocycles. The number of anilines is 1. The lowest BCUT2D eigenvalue weighted by Gasteiger charge is -2.23. The van der Waals surface area contributed by atoms with E-state index in [9.17, 15) is 0 Å². The van der Waals surface area contributed by atoms with Gasteiger partial charge in [0.05, 0.1) is 6.10 Å². The molecule has 0 saturated heterocycles. The van der Waals surface area contributed by atoms with E-state index < -0.39 is 0 Å². The van der Waals surface area contributed by atoms with Gasteiger partial charge in [0.25, 0.3) is 0 Å². The van der Waals surface area contributed by atoms with Crippen molar-refractivity contribution in [2.75, 3.05) is 18.4 Å². The van der Waals surface area contributed by atoms with Crippen LogP contribution in [0.25, 0.3) is 0 Å². The molecule has 20 heavy (non-hydrogen) atoms. The fourth-order valence-corrected chi connectivity index (χ4v) is 2.74. The molecule has 0 atom stereocenters. The van der Waals surface area contributed by atoms with E-state index in [0.717, 1.165) is 30.6 Å². The molecule has 0 aliphatic heterocycles. The Hall–Kier alpha value is -1.22. The fraction of sp³-hybridized carbons (Fsp3) is 0.647. The van der Waals surface area contributed by atoms with Gasteiger partial charge in [0.15, 0.2) is 0 Å². The van der Waals surface area contributed by atoms with E-state index in [4.69, 9.17) is 4.74 Å². The van der Waals surface area contributed by atoms with Crippen LogP contribution in [0.3, 0.4) is 0 Å². The highest BCUT2D eigenvalue weighted by Crippen LogP contribution is 2.19. The van der Waals surface area contributed by atoms with Gasteiger partial charge in [-0.1, -0.05) is 25.3 Å². The lowest BCUT2D eigenvalue weighted by Crippen LogP contribution is -2.34. The molecule has 1 aromatic rings. The second-order valence-corrected chi connectivity index (χ2v) is 5.91. The minimum absolute atomic E-state index is 0.221. The predicted octanol–water partition coefficient (Wildman–Crippen LogP) is 3.81. The van der Waals surface area contributed by atoms with Gasteiger partial charge in [-0.3, -0.25) is 0 Å². The molecule has 2 rings (SSSR count). The highest BCUT2D eigenvalue weighted by atomic mass is 16.5. The van der Waals surface area contributed by atoms with E-state index in [1.807, 2.05) is 26.0 Å². The molecule has 3 nitrogen and oxygen atoms in total. The van der Waals surface area contributed by atoms with Crippen molar-refractivity contribution in [2.24, 2.45) is 0 Å². The van der Waals surface area contributed by atoms with Crippen molar-refractivity contribution in [3.63, 3.8) is 0 Å². The summed E-state index contributed by atoms with van der Waals surface area (Å²) in [6, 6.07) is 8.94. The standard InChI is InChI=1S/C17H28N2O/c1-14(2)20-17-10-6-9-16(13-17)19-12-11-18-15-7-4-3-5-8-15/h6,9-10,13-15,18-19H,3-5,7-8,11-12H2,1-2H3. The van der Waals surface area contributed by atoms with E-state index in [-0.39, 0.29) is 6.10 Å². The van der Waals surface area contributed by atoms with Crippen molar-refractivity contribution in [1.82, 2.24) is 5.32 Å². The zero-order chi connectivity index (χ0) is 14.2. The fourth-order valence-electron chi connectivity index (χ4n) is 2.74. The SMILES string of the molecule is CC(C)Oc1cccc(NCCNC2CCCCC2)c1. The van der Waals surface area contributed by atoms with Gasteiger partial charge in [-0.05, 0) is 38.8 Å². The summed E-state index contributed by atoms with van der Waals surface area (Å²) in [6.45, 7) is 6.09. The summed E-state index contributed by atoms with van der Waals surface area (Å²) in [6.07, 6.45) is 7.10. The third kappa shape index (κ3) is 5.41. The van der Waals surface area contributed by atoms with Crippen molar-refractivity contribution < 1.29 is 4.74 Å². The Bertz CT molecular complexity index is 386. The van der Waals surface area contributed by atoms with Crippen LogP contribution in [0.1, 0.15) is 46.0 Å². The molecular formula is C17H28N2O. The largest absolute Gasteiger partial charge is 0.491 e.